The van der Waals surface area contributed by atoms with E-state index in [9.17, 15) is 4.79 Å². The quantitative estimate of drug-likeness (QED) is 0.797. The molecule has 2 atom stereocenters. The molecule has 3 heterocycles. The zero-order valence-corrected chi connectivity index (χ0v) is 16.0. The van der Waals surface area contributed by atoms with Gasteiger partial charge in [-0.05, 0) is 48.9 Å². The van der Waals surface area contributed by atoms with Gasteiger partial charge in [0.05, 0.1) is 25.9 Å². The number of nitrogens with zero attached hydrogens (tertiary/aromatic N) is 1. The maximum atomic E-state index is 11.3. The van der Waals surface area contributed by atoms with Crippen molar-refractivity contribution in [1.29, 1.82) is 0 Å². The van der Waals surface area contributed by atoms with Gasteiger partial charge in [-0.15, -0.1) is 0 Å². The maximum absolute atomic E-state index is 11.3. The molecule has 2 aromatic rings. The molecule has 146 valence electrons. The number of carbonyl (C=O) groups excluding carboxylic acids is 1. The molecule has 3 aliphatic heterocycles. The van der Waals surface area contributed by atoms with Crippen LogP contribution in [-0.2, 0) is 11.3 Å². The van der Waals surface area contributed by atoms with Crippen LogP contribution in [0.3, 0.4) is 0 Å². The Balaban J connectivity index is 1.53. The summed E-state index contributed by atoms with van der Waals surface area (Å²) in [5.41, 5.74) is 6.48. The minimum atomic E-state index is 0.517. The number of carbonyl (C=O) groups is 1. The van der Waals surface area contributed by atoms with Gasteiger partial charge in [-0.25, -0.2) is 0 Å². The molecule has 2 N–H and O–H groups in total. The third kappa shape index (κ3) is 2.84. The number of rotatable bonds is 4. The zero-order valence-electron chi connectivity index (χ0n) is 16.0. The van der Waals surface area contributed by atoms with Crippen LogP contribution in [-0.4, -0.2) is 45.7 Å². The van der Waals surface area contributed by atoms with E-state index in [4.69, 9.17) is 9.47 Å². The number of piperidine rings is 1. The topological polar surface area (TPSA) is 62.8 Å². The first-order valence-corrected chi connectivity index (χ1v) is 9.90. The van der Waals surface area contributed by atoms with Crippen molar-refractivity contribution >= 4 is 23.3 Å². The minimum absolute atomic E-state index is 0.517. The number of anilines is 3. The lowest BCUT2D eigenvalue weighted by molar-refractivity contribution is 0.112. The van der Waals surface area contributed by atoms with Gasteiger partial charge in [-0.1, -0.05) is 0 Å². The number of ether oxygens (including phenoxy) is 2. The van der Waals surface area contributed by atoms with Gasteiger partial charge < -0.3 is 25.0 Å². The average Bonchev–Trinajstić information content (AvgIpc) is 2.89. The Morgan fingerprint density at radius 1 is 1.29 bits per heavy atom. The summed E-state index contributed by atoms with van der Waals surface area (Å²) in [5.74, 6) is 1.10. The van der Waals surface area contributed by atoms with Crippen molar-refractivity contribution in [3.63, 3.8) is 0 Å². The van der Waals surface area contributed by atoms with E-state index in [2.05, 4.69) is 27.7 Å². The van der Waals surface area contributed by atoms with Crippen molar-refractivity contribution in [3.8, 4) is 5.75 Å². The lowest BCUT2D eigenvalue weighted by Gasteiger charge is -2.33. The second-order valence-electron chi connectivity index (χ2n) is 7.69. The first-order valence-electron chi connectivity index (χ1n) is 9.90. The zero-order chi connectivity index (χ0) is 19.1. The molecule has 1 fully saturated rings. The summed E-state index contributed by atoms with van der Waals surface area (Å²) in [6.45, 7) is 4.48. The fraction of sp³-hybridized carbons (Fsp3) is 0.409. The van der Waals surface area contributed by atoms with E-state index >= 15 is 0 Å². The standard InChI is InChI=1S/C22H25N3O3/c1-27-21-3-2-16(8-14(21)12-26)24-17-9-15-13-28-7-6-25-20-4-5-23-11-19(20)18(10-17)22(15)25/h2-3,8-10,12,19-20,23-24H,4-7,11,13H2,1H3/t19-,20-/m0/s1. The summed E-state index contributed by atoms with van der Waals surface area (Å²) < 4.78 is 11.1. The summed E-state index contributed by atoms with van der Waals surface area (Å²) in [6, 6.07) is 10.6. The Morgan fingerprint density at radius 2 is 2.21 bits per heavy atom. The maximum Gasteiger partial charge on any atom is 0.153 e. The summed E-state index contributed by atoms with van der Waals surface area (Å²) in [5, 5.41) is 7.04. The number of fused-ring (bicyclic) bond motifs is 3. The Morgan fingerprint density at radius 3 is 3.07 bits per heavy atom. The number of nitrogens with one attached hydrogen (secondary N) is 2. The molecule has 0 aromatic heterocycles. The van der Waals surface area contributed by atoms with Crippen LogP contribution >= 0.6 is 0 Å². The van der Waals surface area contributed by atoms with Crippen LogP contribution in [0.15, 0.2) is 30.3 Å². The highest BCUT2D eigenvalue weighted by Crippen LogP contribution is 2.47. The largest absolute Gasteiger partial charge is 0.496 e. The minimum Gasteiger partial charge on any atom is -0.496 e. The summed E-state index contributed by atoms with van der Waals surface area (Å²) in [4.78, 5) is 13.9. The molecule has 5 rings (SSSR count). The highest BCUT2D eigenvalue weighted by atomic mass is 16.5. The molecule has 0 spiro atoms. The van der Waals surface area contributed by atoms with E-state index in [1.165, 1.54) is 23.2 Å². The SMILES string of the molecule is COc1ccc(Nc2cc3c4c(c2)[C@@H]2CNCC[C@@H]2N4CCOC3)cc1C=O. The van der Waals surface area contributed by atoms with E-state index in [0.29, 0.717) is 29.9 Å². The molecule has 0 bridgehead atoms. The van der Waals surface area contributed by atoms with Crippen LogP contribution in [0.2, 0.25) is 0 Å². The Labute approximate surface area is 164 Å². The molecule has 28 heavy (non-hydrogen) atoms. The highest BCUT2D eigenvalue weighted by Gasteiger charge is 2.41. The van der Waals surface area contributed by atoms with Gasteiger partial charge in [0.1, 0.15) is 5.75 Å². The molecule has 0 aliphatic carbocycles. The lowest BCUT2D eigenvalue weighted by atomic mass is 9.89. The first-order chi connectivity index (χ1) is 13.8. The van der Waals surface area contributed by atoms with Crippen LogP contribution in [0.5, 0.6) is 5.75 Å². The fourth-order valence-corrected chi connectivity index (χ4v) is 4.93. The number of hydrogen-bond acceptors (Lipinski definition) is 6. The average molecular weight is 379 g/mol. The third-order valence-corrected chi connectivity index (χ3v) is 6.13. The Hall–Kier alpha value is -2.57. The van der Waals surface area contributed by atoms with Gasteiger partial charge in [-0.2, -0.15) is 0 Å². The highest BCUT2D eigenvalue weighted by molar-refractivity contribution is 5.82. The second-order valence-corrected chi connectivity index (χ2v) is 7.69. The molecular formula is C22H25N3O3. The number of aldehydes is 1. The molecule has 3 aliphatic rings. The van der Waals surface area contributed by atoms with Crippen molar-refractivity contribution in [3.05, 3.63) is 47.0 Å². The monoisotopic (exact) mass is 379 g/mol. The van der Waals surface area contributed by atoms with Gasteiger partial charge in [0.15, 0.2) is 6.29 Å². The normalized spacial score (nSPS) is 22.8. The van der Waals surface area contributed by atoms with Crippen LogP contribution < -0.4 is 20.3 Å². The number of benzene rings is 2. The summed E-state index contributed by atoms with van der Waals surface area (Å²) in [6.07, 6.45) is 1.99. The van der Waals surface area contributed by atoms with E-state index in [0.717, 1.165) is 43.9 Å². The van der Waals surface area contributed by atoms with Crippen molar-refractivity contribution < 1.29 is 14.3 Å². The molecule has 6 nitrogen and oxygen atoms in total. The van der Waals surface area contributed by atoms with E-state index < -0.39 is 0 Å². The third-order valence-electron chi connectivity index (χ3n) is 6.13. The molecule has 0 amide bonds. The second kappa shape index (κ2) is 7.11. The molecule has 1 saturated heterocycles. The molecule has 0 unspecified atom stereocenters. The molecule has 0 radical (unpaired) electrons. The smallest absolute Gasteiger partial charge is 0.153 e. The van der Waals surface area contributed by atoms with Crippen molar-refractivity contribution in [2.75, 3.05) is 43.6 Å². The predicted molar refractivity (Wildman–Crippen MR) is 109 cm³/mol. The molecular weight excluding hydrogens is 354 g/mol. The van der Waals surface area contributed by atoms with Crippen molar-refractivity contribution in [2.24, 2.45) is 0 Å². The number of methoxy groups -OCH3 is 1. The predicted octanol–water partition coefficient (Wildman–Crippen LogP) is 3.05. The number of hydrogen-bond donors (Lipinski definition) is 2. The summed E-state index contributed by atoms with van der Waals surface area (Å²) >= 11 is 0. The molecule has 2 aromatic carbocycles. The molecule has 6 heteroatoms. The van der Waals surface area contributed by atoms with Gasteiger partial charge in [0, 0.05) is 47.7 Å². The van der Waals surface area contributed by atoms with Crippen LogP contribution in [0, 0.1) is 0 Å². The fourth-order valence-electron chi connectivity index (χ4n) is 4.93. The van der Waals surface area contributed by atoms with E-state index in [1.54, 1.807) is 7.11 Å². The Kier molecular flexibility index (Phi) is 4.45. The van der Waals surface area contributed by atoms with Crippen LogP contribution in [0.25, 0.3) is 0 Å². The lowest BCUT2D eigenvalue weighted by Crippen LogP contribution is -2.44. The van der Waals surface area contributed by atoms with Gasteiger partial charge in [0.2, 0.25) is 0 Å². The van der Waals surface area contributed by atoms with Gasteiger partial charge >= 0.3 is 0 Å². The van der Waals surface area contributed by atoms with E-state index in [-0.39, 0.29) is 0 Å². The van der Waals surface area contributed by atoms with Gasteiger partial charge in [0.25, 0.3) is 0 Å². The Bertz CT molecular complexity index is 914. The van der Waals surface area contributed by atoms with E-state index in [1.807, 2.05) is 18.2 Å². The first kappa shape index (κ1) is 17.5. The van der Waals surface area contributed by atoms with Gasteiger partial charge in [-0.3, -0.25) is 4.79 Å². The van der Waals surface area contributed by atoms with Crippen molar-refractivity contribution in [2.45, 2.75) is 25.0 Å². The molecule has 0 saturated carbocycles. The summed E-state index contributed by atoms with van der Waals surface area (Å²) in [7, 11) is 1.57. The van der Waals surface area contributed by atoms with Crippen LogP contribution in [0.4, 0.5) is 17.1 Å². The van der Waals surface area contributed by atoms with Crippen molar-refractivity contribution in [1.82, 2.24) is 5.32 Å². The van der Waals surface area contributed by atoms with Crippen LogP contribution in [0.1, 0.15) is 33.8 Å².